The maximum Gasteiger partial charge on any atom is 0.239 e. The second kappa shape index (κ2) is 6.85. The van der Waals surface area contributed by atoms with Crippen LogP contribution in [0, 0.1) is 0 Å². The molecule has 10 heteroatoms. The van der Waals surface area contributed by atoms with Crippen LogP contribution in [0.3, 0.4) is 0 Å². The molecule has 0 atom stereocenters. The van der Waals surface area contributed by atoms with Gasteiger partial charge in [-0.3, -0.25) is 4.79 Å². The Balaban J connectivity index is 1.53. The average Bonchev–Trinajstić information content (AvgIpc) is 3.06. The molecule has 0 amide bonds. The number of hydrogen-bond acceptors (Lipinski definition) is 7. The van der Waals surface area contributed by atoms with E-state index in [-0.39, 0.29) is 16.2 Å². The number of carbonyl (C=O) groups excluding carboxylic acids is 1. The molecule has 3 aromatic rings. The van der Waals surface area contributed by atoms with Gasteiger partial charge in [0, 0.05) is 36.3 Å². The Labute approximate surface area is 173 Å². The summed E-state index contributed by atoms with van der Waals surface area (Å²) in [6.07, 6.45) is 9.33. The molecule has 4 heterocycles. The van der Waals surface area contributed by atoms with Crippen LogP contribution >= 0.6 is 0 Å². The van der Waals surface area contributed by atoms with Gasteiger partial charge in [-0.05, 0) is 31.0 Å². The summed E-state index contributed by atoms with van der Waals surface area (Å²) in [6, 6.07) is 4.92. The number of aromatic nitrogens is 4. The van der Waals surface area contributed by atoms with Crippen LogP contribution in [0.25, 0.3) is 11.0 Å². The molecule has 30 heavy (non-hydrogen) atoms. The van der Waals surface area contributed by atoms with Gasteiger partial charge in [0.25, 0.3) is 0 Å². The highest BCUT2D eigenvalue weighted by molar-refractivity contribution is 7.89. The van der Waals surface area contributed by atoms with Crippen LogP contribution in [-0.4, -0.2) is 33.7 Å². The minimum Gasteiger partial charge on any atom is -0.322 e. The largest absolute Gasteiger partial charge is 0.322 e. The lowest BCUT2D eigenvalue weighted by molar-refractivity contribution is -0.122. The number of nitrogens with one attached hydrogen (secondary N) is 1. The number of fused-ring (bicyclic) bond motifs is 4. The third-order valence-electron chi connectivity index (χ3n) is 6.08. The number of nitrogens with two attached hydrogens (primary N) is 1. The highest BCUT2D eigenvalue weighted by atomic mass is 32.2. The number of nitrogens with zero attached hydrogens (tertiary/aromatic N) is 4. The highest BCUT2D eigenvalue weighted by Gasteiger charge is 2.41. The summed E-state index contributed by atoms with van der Waals surface area (Å²) in [7, 11) is -3.80. The molecule has 0 saturated heterocycles. The second-order valence-corrected chi connectivity index (χ2v) is 9.73. The van der Waals surface area contributed by atoms with Crippen molar-refractivity contribution in [3.8, 4) is 0 Å². The lowest BCUT2D eigenvalue weighted by Crippen LogP contribution is -2.43. The molecule has 0 aromatic carbocycles. The molecule has 3 aromatic heterocycles. The number of primary sulfonamides is 1. The van der Waals surface area contributed by atoms with E-state index < -0.39 is 10.0 Å². The van der Waals surface area contributed by atoms with E-state index in [0.29, 0.717) is 24.6 Å². The molecule has 1 aliphatic carbocycles. The number of hydrogen-bond donors (Lipinski definition) is 2. The van der Waals surface area contributed by atoms with E-state index in [4.69, 9.17) is 10.1 Å². The molecule has 9 nitrogen and oxygen atoms in total. The van der Waals surface area contributed by atoms with Gasteiger partial charge in [0.05, 0.1) is 5.54 Å². The van der Waals surface area contributed by atoms with Gasteiger partial charge in [-0.15, -0.1) is 0 Å². The summed E-state index contributed by atoms with van der Waals surface area (Å²) in [5, 5.41) is 9.04. The van der Waals surface area contributed by atoms with Crippen LogP contribution in [0.2, 0.25) is 0 Å². The van der Waals surface area contributed by atoms with Crippen molar-refractivity contribution >= 4 is 38.6 Å². The molecule has 0 radical (unpaired) electrons. The molecule has 1 spiro atoms. The maximum absolute atomic E-state index is 12.5. The first kappa shape index (κ1) is 19.1. The molecule has 1 fully saturated rings. The van der Waals surface area contributed by atoms with Gasteiger partial charge in [0.15, 0.2) is 0 Å². The Kier molecular flexibility index (Phi) is 4.37. The van der Waals surface area contributed by atoms with Crippen molar-refractivity contribution in [2.75, 3.05) is 5.32 Å². The smallest absolute Gasteiger partial charge is 0.239 e. The van der Waals surface area contributed by atoms with E-state index >= 15 is 0 Å². The number of pyridine rings is 1. The van der Waals surface area contributed by atoms with Gasteiger partial charge in [-0.1, -0.05) is 19.3 Å². The SMILES string of the molecule is NS(=O)(=O)c1ccc(Nc2ncc3cc4n(c3n2)C2(CCCCC2)CC(=O)C4)nc1. The maximum atomic E-state index is 12.5. The second-order valence-electron chi connectivity index (χ2n) is 8.17. The van der Waals surface area contributed by atoms with Gasteiger partial charge in [-0.25, -0.2) is 23.5 Å². The standard InChI is InChI=1S/C20H22N6O3S/c21-30(28,29)16-4-5-17(22-12-16)24-19-23-11-13-8-14-9-15(27)10-20(6-2-1-3-7-20)26(14)18(13)25-19/h4-5,8,11-12H,1-3,6-7,9-10H2,(H2,21,28,29)(H,22,23,24,25). The molecule has 0 bridgehead atoms. The van der Waals surface area contributed by atoms with E-state index in [1.165, 1.54) is 24.8 Å². The average molecular weight is 427 g/mol. The summed E-state index contributed by atoms with van der Waals surface area (Å²) < 4.78 is 25.1. The third kappa shape index (κ3) is 3.25. The van der Waals surface area contributed by atoms with Gasteiger partial charge < -0.3 is 9.88 Å². The summed E-state index contributed by atoms with van der Waals surface area (Å²) in [6.45, 7) is 0. The summed E-state index contributed by atoms with van der Waals surface area (Å²) in [4.78, 5) is 25.6. The van der Waals surface area contributed by atoms with Gasteiger partial charge in [0.2, 0.25) is 16.0 Å². The monoisotopic (exact) mass is 426 g/mol. The fourth-order valence-electron chi connectivity index (χ4n) is 4.82. The number of sulfonamides is 1. The molecule has 1 aliphatic heterocycles. The van der Waals surface area contributed by atoms with Crippen molar-refractivity contribution in [1.82, 2.24) is 19.5 Å². The topological polar surface area (TPSA) is 133 Å². The van der Waals surface area contributed by atoms with Crippen LogP contribution in [0.5, 0.6) is 0 Å². The molecule has 156 valence electrons. The fraction of sp³-hybridized carbons (Fsp3) is 0.400. The van der Waals surface area contributed by atoms with Crippen molar-refractivity contribution in [2.45, 2.75) is 55.4 Å². The van der Waals surface area contributed by atoms with Crippen LogP contribution in [0.4, 0.5) is 11.8 Å². The van der Waals surface area contributed by atoms with Crippen LogP contribution < -0.4 is 10.5 Å². The van der Waals surface area contributed by atoms with Crippen molar-refractivity contribution in [3.05, 3.63) is 36.3 Å². The highest BCUT2D eigenvalue weighted by Crippen LogP contribution is 2.44. The zero-order valence-corrected chi connectivity index (χ0v) is 17.2. The Hall–Kier alpha value is -2.85. The number of carbonyl (C=O) groups is 1. The Bertz CT molecular complexity index is 1240. The third-order valence-corrected chi connectivity index (χ3v) is 6.98. The van der Waals surface area contributed by atoms with Crippen molar-refractivity contribution in [3.63, 3.8) is 0 Å². The zero-order chi connectivity index (χ0) is 20.9. The number of rotatable bonds is 3. The quantitative estimate of drug-likeness (QED) is 0.657. The van der Waals surface area contributed by atoms with E-state index in [2.05, 4.69) is 19.9 Å². The predicted octanol–water partition coefficient (Wildman–Crippen LogP) is 2.39. The first-order valence-corrected chi connectivity index (χ1v) is 11.5. The van der Waals surface area contributed by atoms with Crippen molar-refractivity contribution < 1.29 is 13.2 Å². The Morgan fingerprint density at radius 3 is 2.60 bits per heavy atom. The lowest BCUT2D eigenvalue weighted by atomic mass is 9.75. The molecule has 0 unspecified atom stereocenters. The minimum absolute atomic E-state index is 0.0611. The molecule has 3 N–H and O–H groups in total. The molecule has 5 rings (SSSR count). The molecular formula is C20H22N6O3S. The lowest BCUT2D eigenvalue weighted by Gasteiger charge is -2.42. The van der Waals surface area contributed by atoms with Gasteiger partial charge in [-0.2, -0.15) is 4.98 Å². The van der Waals surface area contributed by atoms with E-state index in [1.807, 2.05) is 6.07 Å². The predicted molar refractivity (Wildman–Crippen MR) is 111 cm³/mol. The molecular weight excluding hydrogens is 404 g/mol. The zero-order valence-electron chi connectivity index (χ0n) is 16.3. The Morgan fingerprint density at radius 2 is 1.90 bits per heavy atom. The first-order chi connectivity index (χ1) is 14.3. The minimum atomic E-state index is -3.80. The molecule has 2 aliphatic rings. The van der Waals surface area contributed by atoms with Crippen LogP contribution in [-0.2, 0) is 26.8 Å². The van der Waals surface area contributed by atoms with Crippen molar-refractivity contribution in [2.24, 2.45) is 5.14 Å². The number of ketones is 1. The number of anilines is 2. The molecule has 1 saturated carbocycles. The first-order valence-electron chi connectivity index (χ1n) is 10.00. The van der Waals surface area contributed by atoms with E-state index in [9.17, 15) is 13.2 Å². The van der Waals surface area contributed by atoms with Gasteiger partial charge >= 0.3 is 0 Å². The fourth-order valence-corrected chi connectivity index (χ4v) is 5.28. The normalized spacial score (nSPS) is 18.5. The van der Waals surface area contributed by atoms with Crippen LogP contribution in [0.15, 0.2) is 35.5 Å². The van der Waals surface area contributed by atoms with E-state index in [0.717, 1.165) is 42.4 Å². The Morgan fingerprint density at radius 1 is 1.10 bits per heavy atom. The van der Waals surface area contributed by atoms with Crippen LogP contribution in [0.1, 0.15) is 44.2 Å². The summed E-state index contributed by atoms with van der Waals surface area (Å²) in [5.74, 6) is 1.06. The summed E-state index contributed by atoms with van der Waals surface area (Å²) in [5.41, 5.74) is 1.63. The van der Waals surface area contributed by atoms with Gasteiger partial charge in [0.1, 0.15) is 22.1 Å². The number of Topliss-reactive ketones (excluding diaryl/α,β-unsaturated/α-hetero) is 1. The van der Waals surface area contributed by atoms with E-state index in [1.54, 1.807) is 6.20 Å². The van der Waals surface area contributed by atoms with Crippen molar-refractivity contribution in [1.29, 1.82) is 0 Å². The summed E-state index contributed by atoms with van der Waals surface area (Å²) >= 11 is 0.